The van der Waals surface area contributed by atoms with Crippen LogP contribution in [-0.4, -0.2) is 22.9 Å². The zero-order chi connectivity index (χ0) is 13.9. The molecule has 3 nitrogen and oxygen atoms in total. The molecule has 0 amide bonds. The van der Waals surface area contributed by atoms with Crippen molar-refractivity contribution in [1.29, 1.82) is 0 Å². The van der Waals surface area contributed by atoms with Gasteiger partial charge in [0.05, 0.1) is 0 Å². The predicted molar refractivity (Wildman–Crippen MR) is 84.1 cm³/mol. The maximum atomic E-state index is 4.54. The molecular formula is C16H17N3Se. The third-order valence-electron chi connectivity index (χ3n) is 3.42. The van der Waals surface area contributed by atoms with Gasteiger partial charge in [-0.25, -0.2) is 0 Å². The molecule has 0 aliphatic heterocycles. The van der Waals surface area contributed by atoms with Crippen molar-refractivity contribution in [3.8, 4) is 0 Å². The zero-order valence-electron chi connectivity index (χ0n) is 11.6. The quantitative estimate of drug-likeness (QED) is 0.744. The van der Waals surface area contributed by atoms with Gasteiger partial charge in [0.1, 0.15) is 0 Å². The van der Waals surface area contributed by atoms with Crippen LogP contribution in [-0.2, 0) is 0 Å². The van der Waals surface area contributed by atoms with Crippen LogP contribution in [0.5, 0.6) is 0 Å². The van der Waals surface area contributed by atoms with Gasteiger partial charge in [0, 0.05) is 0 Å². The van der Waals surface area contributed by atoms with E-state index in [-0.39, 0.29) is 21.0 Å². The maximum absolute atomic E-state index is 4.54. The molecule has 0 bridgehead atoms. The molecule has 2 aromatic carbocycles. The first-order valence-corrected chi connectivity index (χ1v) is 8.31. The summed E-state index contributed by atoms with van der Waals surface area (Å²) in [5, 5.41) is 3.65. The number of fused-ring (bicyclic) bond motifs is 1. The number of aromatic nitrogens is 2. The molecule has 1 atom stereocenters. The Kier molecular flexibility index (Phi) is 3.86. The van der Waals surface area contributed by atoms with Gasteiger partial charge < -0.3 is 0 Å². The molecule has 1 unspecified atom stereocenters. The molecule has 1 aromatic heterocycles. The Balaban J connectivity index is 1.96. The fourth-order valence-electron chi connectivity index (χ4n) is 2.39. The summed E-state index contributed by atoms with van der Waals surface area (Å²) in [5.41, 5.74) is 4.44. The topological polar surface area (TPSA) is 37.8 Å². The Morgan fingerprint density at radius 2 is 1.75 bits per heavy atom. The second kappa shape index (κ2) is 5.78. The minimum atomic E-state index is 0.0141. The van der Waals surface area contributed by atoms with E-state index in [1.54, 1.807) is 0 Å². The van der Waals surface area contributed by atoms with Gasteiger partial charge in [-0.1, -0.05) is 0 Å². The number of rotatable bonds is 4. The van der Waals surface area contributed by atoms with Crippen molar-refractivity contribution >= 4 is 31.7 Å². The molecule has 3 aromatic rings. The Labute approximate surface area is 125 Å². The SMILES string of the molecule is CC(C)C(Nc1cccc2n[se]nc12)c1ccccc1. The van der Waals surface area contributed by atoms with Gasteiger partial charge >= 0.3 is 125 Å². The molecule has 3 rings (SSSR count). The van der Waals surface area contributed by atoms with Crippen molar-refractivity contribution in [1.82, 2.24) is 7.96 Å². The second-order valence-corrected chi connectivity index (χ2v) is 6.32. The third-order valence-corrected chi connectivity index (χ3v) is 4.56. The van der Waals surface area contributed by atoms with E-state index >= 15 is 0 Å². The Morgan fingerprint density at radius 1 is 0.950 bits per heavy atom. The van der Waals surface area contributed by atoms with Gasteiger partial charge in [-0.15, -0.1) is 0 Å². The summed E-state index contributed by atoms with van der Waals surface area (Å²) in [6.45, 7) is 4.47. The Bertz CT molecular complexity index is 691. The number of nitrogens with one attached hydrogen (secondary N) is 1. The van der Waals surface area contributed by atoms with E-state index in [0.29, 0.717) is 5.92 Å². The summed E-state index contributed by atoms with van der Waals surface area (Å²) in [7, 11) is 0. The van der Waals surface area contributed by atoms with Crippen molar-refractivity contribution < 1.29 is 0 Å². The van der Waals surface area contributed by atoms with Gasteiger partial charge in [-0.05, 0) is 0 Å². The predicted octanol–water partition coefficient (Wildman–Crippen LogP) is 3.50. The average Bonchev–Trinajstić information content (AvgIpc) is 2.94. The van der Waals surface area contributed by atoms with Crippen molar-refractivity contribution in [3.05, 3.63) is 54.1 Å². The van der Waals surface area contributed by atoms with Crippen molar-refractivity contribution in [2.45, 2.75) is 19.9 Å². The summed E-state index contributed by atoms with van der Waals surface area (Å²) >= 11 is 0.0141. The summed E-state index contributed by atoms with van der Waals surface area (Å²) in [6.07, 6.45) is 0. The summed E-state index contributed by atoms with van der Waals surface area (Å²) in [5.74, 6) is 0.497. The van der Waals surface area contributed by atoms with Crippen LogP contribution in [0.3, 0.4) is 0 Å². The van der Waals surface area contributed by atoms with Crippen molar-refractivity contribution in [2.75, 3.05) is 5.32 Å². The zero-order valence-corrected chi connectivity index (χ0v) is 13.3. The van der Waals surface area contributed by atoms with Crippen molar-refractivity contribution in [2.24, 2.45) is 5.92 Å². The molecule has 1 N–H and O–H groups in total. The van der Waals surface area contributed by atoms with Gasteiger partial charge in [0.15, 0.2) is 0 Å². The number of hydrogen-bond donors (Lipinski definition) is 1. The molecule has 102 valence electrons. The molecule has 4 heteroatoms. The van der Waals surface area contributed by atoms with E-state index in [1.807, 2.05) is 12.1 Å². The summed E-state index contributed by atoms with van der Waals surface area (Å²) in [6, 6.07) is 17.0. The molecular weight excluding hydrogens is 313 g/mol. The Hall–Kier alpha value is -1.64. The number of anilines is 1. The fourth-order valence-corrected chi connectivity index (χ4v) is 3.54. The van der Waals surface area contributed by atoms with Crippen LogP contribution in [0, 0.1) is 5.92 Å². The minimum absolute atomic E-state index is 0.0141. The van der Waals surface area contributed by atoms with Gasteiger partial charge in [-0.2, -0.15) is 0 Å². The van der Waals surface area contributed by atoms with Gasteiger partial charge in [-0.3, -0.25) is 0 Å². The van der Waals surface area contributed by atoms with E-state index < -0.39 is 0 Å². The fraction of sp³-hybridized carbons (Fsp3) is 0.250. The first-order chi connectivity index (χ1) is 9.75. The third kappa shape index (κ3) is 2.62. The Morgan fingerprint density at radius 3 is 2.50 bits per heavy atom. The molecule has 0 spiro atoms. The van der Waals surface area contributed by atoms with Crippen molar-refractivity contribution in [3.63, 3.8) is 0 Å². The van der Waals surface area contributed by atoms with Gasteiger partial charge in [0.25, 0.3) is 0 Å². The van der Waals surface area contributed by atoms with Crippen LogP contribution in [0.25, 0.3) is 11.0 Å². The molecule has 0 fully saturated rings. The molecule has 20 heavy (non-hydrogen) atoms. The molecule has 0 saturated carbocycles. The molecule has 0 aliphatic rings. The normalized spacial score (nSPS) is 12.8. The van der Waals surface area contributed by atoms with E-state index in [1.165, 1.54) is 5.56 Å². The van der Waals surface area contributed by atoms with Crippen LogP contribution in [0.2, 0.25) is 0 Å². The molecule has 0 aliphatic carbocycles. The van der Waals surface area contributed by atoms with E-state index in [4.69, 9.17) is 0 Å². The van der Waals surface area contributed by atoms with Crippen LogP contribution in [0.15, 0.2) is 48.5 Å². The summed E-state index contributed by atoms with van der Waals surface area (Å²) in [4.78, 5) is 0. The van der Waals surface area contributed by atoms with Crippen LogP contribution >= 0.6 is 0 Å². The molecule has 1 heterocycles. The van der Waals surface area contributed by atoms with E-state index in [0.717, 1.165) is 16.7 Å². The van der Waals surface area contributed by atoms with E-state index in [9.17, 15) is 0 Å². The average molecular weight is 330 g/mol. The first kappa shape index (κ1) is 13.3. The van der Waals surface area contributed by atoms with Crippen LogP contribution < -0.4 is 5.32 Å². The number of nitrogens with zero attached hydrogens (tertiary/aromatic N) is 2. The van der Waals surface area contributed by atoms with Crippen LogP contribution in [0.1, 0.15) is 25.5 Å². The monoisotopic (exact) mass is 331 g/mol. The first-order valence-electron chi connectivity index (χ1n) is 6.78. The second-order valence-electron chi connectivity index (χ2n) is 5.21. The van der Waals surface area contributed by atoms with Crippen LogP contribution in [0.4, 0.5) is 5.69 Å². The molecule has 0 saturated heterocycles. The summed E-state index contributed by atoms with van der Waals surface area (Å²) < 4.78 is 8.98. The number of hydrogen-bond acceptors (Lipinski definition) is 3. The number of benzene rings is 2. The molecule has 0 radical (unpaired) electrons. The van der Waals surface area contributed by atoms with E-state index in [2.05, 4.69) is 63.5 Å². The van der Waals surface area contributed by atoms with Gasteiger partial charge in [0.2, 0.25) is 0 Å². The standard InChI is InChI=1S/C16H17N3Se/c1-11(2)15(12-7-4-3-5-8-12)17-13-9-6-10-14-16(13)19-20-18-14/h3-11,15,17H,1-2H3.